The second kappa shape index (κ2) is 6.72. The van der Waals surface area contributed by atoms with Crippen molar-refractivity contribution < 1.29 is 23.8 Å². The van der Waals surface area contributed by atoms with E-state index in [-0.39, 0.29) is 18.2 Å². The standard InChI is InChI=1S/C24H27NO5/c1-23(2,3)30-22(26)25-15-11-24(27,12-16(25)14-28-13-15)19-9-6-8-18-17-7-4-5-10-20(17)29-21(18)19/h4-10,15-16,27H,11-14H2,1-3H3. The summed E-state index contributed by atoms with van der Waals surface area (Å²) >= 11 is 0. The van der Waals surface area contributed by atoms with Crippen molar-refractivity contribution in [2.75, 3.05) is 13.2 Å². The van der Waals surface area contributed by atoms with Gasteiger partial charge in [-0.25, -0.2) is 4.79 Å². The quantitative estimate of drug-likeness (QED) is 0.637. The number of morpholine rings is 1. The number of fused-ring (bicyclic) bond motifs is 5. The number of furan rings is 1. The molecule has 6 heteroatoms. The molecule has 0 spiro atoms. The van der Waals surface area contributed by atoms with Crippen LogP contribution in [0.5, 0.6) is 0 Å². The zero-order valence-corrected chi connectivity index (χ0v) is 17.6. The zero-order chi connectivity index (χ0) is 21.1. The molecule has 158 valence electrons. The van der Waals surface area contributed by atoms with E-state index in [1.165, 1.54) is 0 Å². The molecule has 3 aromatic rings. The Labute approximate surface area is 175 Å². The summed E-state index contributed by atoms with van der Waals surface area (Å²) in [6, 6.07) is 13.3. The Hall–Kier alpha value is -2.57. The van der Waals surface area contributed by atoms with Gasteiger partial charge in [0.1, 0.15) is 16.8 Å². The topological polar surface area (TPSA) is 72.1 Å². The Kier molecular flexibility index (Phi) is 4.35. The molecule has 30 heavy (non-hydrogen) atoms. The molecule has 3 heterocycles. The normalized spacial score (nSPS) is 26.9. The largest absolute Gasteiger partial charge is 0.456 e. The van der Waals surface area contributed by atoms with Crippen LogP contribution in [0.4, 0.5) is 4.79 Å². The number of carbonyl (C=O) groups is 1. The van der Waals surface area contributed by atoms with E-state index in [9.17, 15) is 9.90 Å². The minimum absolute atomic E-state index is 0.253. The van der Waals surface area contributed by atoms with E-state index in [1.807, 2.05) is 63.2 Å². The van der Waals surface area contributed by atoms with Crippen molar-refractivity contribution >= 4 is 28.0 Å². The number of aliphatic hydroxyl groups is 1. The second-order valence-electron chi connectivity index (χ2n) is 9.45. The molecule has 2 bridgehead atoms. The van der Waals surface area contributed by atoms with Crippen molar-refractivity contribution in [1.82, 2.24) is 4.90 Å². The van der Waals surface area contributed by atoms with Gasteiger partial charge in [0.15, 0.2) is 0 Å². The molecule has 6 nitrogen and oxygen atoms in total. The molecular formula is C24H27NO5. The minimum Gasteiger partial charge on any atom is -0.456 e. The van der Waals surface area contributed by atoms with Crippen LogP contribution in [-0.2, 0) is 15.1 Å². The minimum atomic E-state index is -1.11. The predicted molar refractivity (Wildman–Crippen MR) is 113 cm³/mol. The molecule has 2 atom stereocenters. The lowest BCUT2D eigenvalue weighted by Crippen LogP contribution is -2.63. The molecule has 2 aliphatic heterocycles. The van der Waals surface area contributed by atoms with Crippen molar-refractivity contribution in [3.8, 4) is 0 Å². The van der Waals surface area contributed by atoms with E-state index in [2.05, 4.69) is 0 Å². The zero-order valence-electron chi connectivity index (χ0n) is 17.6. The Morgan fingerprint density at radius 2 is 1.73 bits per heavy atom. The molecule has 2 aliphatic rings. The van der Waals surface area contributed by atoms with Gasteiger partial charge in [-0.2, -0.15) is 0 Å². The van der Waals surface area contributed by atoms with E-state index >= 15 is 0 Å². The molecule has 1 aromatic heterocycles. The predicted octanol–water partition coefficient (Wildman–Crippen LogP) is 4.57. The van der Waals surface area contributed by atoms with Gasteiger partial charge in [-0.05, 0) is 26.8 Å². The highest BCUT2D eigenvalue weighted by atomic mass is 16.6. The maximum absolute atomic E-state index is 12.9. The molecule has 2 fully saturated rings. The number of hydrogen-bond donors (Lipinski definition) is 1. The van der Waals surface area contributed by atoms with Gasteiger partial charge in [0.05, 0.1) is 30.9 Å². The Balaban J connectivity index is 1.53. The van der Waals surface area contributed by atoms with Crippen LogP contribution in [0.25, 0.3) is 21.9 Å². The average Bonchev–Trinajstić information content (AvgIpc) is 3.04. The number of piperidine rings is 1. The highest BCUT2D eigenvalue weighted by molar-refractivity contribution is 6.06. The van der Waals surface area contributed by atoms with Crippen LogP contribution in [0.15, 0.2) is 46.9 Å². The smallest absolute Gasteiger partial charge is 0.410 e. The van der Waals surface area contributed by atoms with Gasteiger partial charge in [-0.15, -0.1) is 0 Å². The number of amides is 1. The Morgan fingerprint density at radius 3 is 2.43 bits per heavy atom. The van der Waals surface area contributed by atoms with E-state index in [4.69, 9.17) is 13.9 Å². The highest BCUT2D eigenvalue weighted by Gasteiger charge is 2.50. The van der Waals surface area contributed by atoms with Crippen molar-refractivity contribution in [3.63, 3.8) is 0 Å². The number of para-hydroxylation sites is 2. The fourth-order valence-corrected chi connectivity index (χ4v) is 4.92. The first-order valence-corrected chi connectivity index (χ1v) is 10.5. The molecule has 2 unspecified atom stereocenters. The molecule has 0 saturated carbocycles. The van der Waals surface area contributed by atoms with Gasteiger partial charge >= 0.3 is 6.09 Å². The fourth-order valence-electron chi connectivity index (χ4n) is 4.92. The molecule has 0 radical (unpaired) electrons. The number of hydrogen-bond acceptors (Lipinski definition) is 5. The number of benzene rings is 2. The first kappa shape index (κ1) is 19.4. The van der Waals surface area contributed by atoms with Crippen LogP contribution in [-0.4, -0.2) is 47.0 Å². The maximum Gasteiger partial charge on any atom is 0.410 e. The summed E-state index contributed by atoms with van der Waals surface area (Å²) in [5, 5.41) is 13.8. The lowest BCUT2D eigenvalue weighted by molar-refractivity contribution is -0.140. The van der Waals surface area contributed by atoms with Gasteiger partial charge in [-0.1, -0.05) is 36.4 Å². The molecule has 2 saturated heterocycles. The lowest BCUT2D eigenvalue weighted by Gasteiger charge is -2.51. The van der Waals surface area contributed by atoms with E-state index < -0.39 is 11.2 Å². The summed E-state index contributed by atoms with van der Waals surface area (Å²) in [6.07, 6.45) is 0.405. The third-order valence-corrected chi connectivity index (χ3v) is 6.06. The molecule has 1 amide bonds. The van der Waals surface area contributed by atoms with E-state index in [1.54, 1.807) is 4.90 Å². The summed E-state index contributed by atoms with van der Waals surface area (Å²) in [5.41, 5.74) is 0.617. The number of nitrogens with zero attached hydrogens (tertiary/aromatic N) is 1. The summed E-state index contributed by atoms with van der Waals surface area (Å²) in [5.74, 6) is 0. The van der Waals surface area contributed by atoms with Crippen LogP contribution in [0, 0.1) is 0 Å². The van der Waals surface area contributed by atoms with Crippen LogP contribution in [0.1, 0.15) is 39.2 Å². The van der Waals surface area contributed by atoms with Gasteiger partial charge in [0.2, 0.25) is 0 Å². The summed E-state index contributed by atoms with van der Waals surface area (Å²) < 4.78 is 17.5. The third kappa shape index (κ3) is 3.15. The summed E-state index contributed by atoms with van der Waals surface area (Å²) in [6.45, 7) is 6.35. The van der Waals surface area contributed by atoms with Crippen LogP contribution < -0.4 is 0 Å². The van der Waals surface area contributed by atoms with Crippen LogP contribution in [0.3, 0.4) is 0 Å². The van der Waals surface area contributed by atoms with Gasteiger partial charge in [0.25, 0.3) is 0 Å². The summed E-state index contributed by atoms with van der Waals surface area (Å²) in [4.78, 5) is 14.6. The van der Waals surface area contributed by atoms with Crippen LogP contribution >= 0.6 is 0 Å². The van der Waals surface area contributed by atoms with Crippen molar-refractivity contribution in [2.24, 2.45) is 0 Å². The number of rotatable bonds is 1. The third-order valence-electron chi connectivity index (χ3n) is 6.06. The van der Waals surface area contributed by atoms with Crippen molar-refractivity contribution in [1.29, 1.82) is 0 Å². The molecule has 0 aliphatic carbocycles. The van der Waals surface area contributed by atoms with Gasteiger partial charge in [0, 0.05) is 29.2 Å². The molecule has 2 aromatic carbocycles. The molecular weight excluding hydrogens is 382 g/mol. The van der Waals surface area contributed by atoms with Gasteiger partial charge in [-0.3, -0.25) is 4.90 Å². The van der Waals surface area contributed by atoms with E-state index in [0.717, 1.165) is 21.9 Å². The van der Waals surface area contributed by atoms with E-state index in [0.29, 0.717) is 31.6 Å². The molecule has 5 rings (SSSR count). The first-order valence-electron chi connectivity index (χ1n) is 10.5. The monoisotopic (exact) mass is 409 g/mol. The van der Waals surface area contributed by atoms with Crippen molar-refractivity contribution in [2.45, 2.75) is 56.9 Å². The first-order chi connectivity index (χ1) is 14.3. The van der Waals surface area contributed by atoms with Crippen molar-refractivity contribution in [3.05, 3.63) is 48.0 Å². The summed E-state index contributed by atoms with van der Waals surface area (Å²) in [7, 11) is 0. The lowest BCUT2D eigenvalue weighted by atomic mass is 9.76. The number of carbonyl (C=O) groups excluding carboxylic acids is 1. The average molecular weight is 409 g/mol. The fraction of sp³-hybridized carbons (Fsp3) is 0.458. The SMILES string of the molecule is CC(C)(C)OC(=O)N1C2COCC1CC(O)(c1cccc3c1oc1ccccc13)C2. The highest BCUT2D eigenvalue weighted by Crippen LogP contribution is 2.45. The van der Waals surface area contributed by atoms with Crippen LogP contribution in [0.2, 0.25) is 0 Å². The maximum atomic E-state index is 12.9. The molecule has 1 N–H and O–H groups in total. The Morgan fingerprint density at radius 1 is 1.07 bits per heavy atom. The van der Waals surface area contributed by atoms with Gasteiger partial charge < -0.3 is 19.0 Å². The number of ether oxygens (including phenoxy) is 2. The Bertz CT molecular complexity index is 1100. The second-order valence-corrected chi connectivity index (χ2v) is 9.45.